The van der Waals surface area contributed by atoms with Crippen molar-refractivity contribution in [3.05, 3.63) is 47.7 Å². The number of phenolic OH excluding ortho intramolecular Hbond substituents is 1. The summed E-state index contributed by atoms with van der Waals surface area (Å²) in [6.45, 7) is 0. The Bertz CT molecular complexity index is 1150. The van der Waals surface area contributed by atoms with Gasteiger partial charge in [0.25, 0.3) is 0 Å². The average molecular weight is 435 g/mol. The highest BCUT2D eigenvalue weighted by molar-refractivity contribution is 7.46. The van der Waals surface area contributed by atoms with Crippen molar-refractivity contribution in [3.63, 3.8) is 0 Å². The van der Waals surface area contributed by atoms with Gasteiger partial charge < -0.3 is 23.8 Å². The molecule has 0 aliphatic rings. The summed E-state index contributed by atoms with van der Waals surface area (Å²) in [5.41, 5.74) is 0.459. The molecule has 0 unspecified atom stereocenters. The van der Waals surface area contributed by atoms with Gasteiger partial charge in [-0.15, -0.1) is 0 Å². The van der Waals surface area contributed by atoms with E-state index in [-0.39, 0.29) is 50.9 Å². The molecule has 11 heteroatoms. The lowest BCUT2D eigenvalue weighted by atomic mass is 10.0. The fraction of sp³-hybridized carbons (Fsp3) is 0.158. The molecule has 3 rings (SSSR count). The van der Waals surface area contributed by atoms with E-state index in [0.29, 0.717) is 0 Å². The quantitative estimate of drug-likeness (QED) is 0.374. The lowest BCUT2D eigenvalue weighted by Gasteiger charge is -2.14. The average Bonchev–Trinajstić information content (AvgIpc) is 2.72. The molecule has 0 saturated carbocycles. The van der Waals surface area contributed by atoms with Crippen molar-refractivity contribution >= 4 is 24.5 Å². The lowest BCUT2D eigenvalue weighted by molar-refractivity contribution is 0.103. The van der Waals surface area contributed by atoms with Gasteiger partial charge in [-0.05, 0) is 36.4 Å². The number of methoxy groups -OCH3 is 3. The smallest absolute Gasteiger partial charge is 0.502 e. The van der Waals surface area contributed by atoms with Crippen LogP contribution in [0.4, 0.5) is 0 Å². The predicted octanol–water partition coefficient (Wildman–Crippen LogP) is 2.67. The van der Waals surface area contributed by atoms with E-state index in [1.165, 1.54) is 57.7 Å². The van der Waals surface area contributed by atoms with Crippen molar-refractivity contribution < 1.29 is 43.0 Å². The number of phosphoric ester groups is 1. The highest BCUT2D eigenvalue weighted by atomic mass is 31.2. The van der Waals surface area contributed by atoms with Crippen LogP contribution < -0.4 is 18.7 Å². The zero-order chi connectivity index (χ0) is 22.1. The number of pyridine rings is 1. The molecule has 0 bridgehead atoms. The van der Waals surface area contributed by atoms with E-state index in [0.717, 1.165) is 0 Å². The van der Waals surface area contributed by atoms with Crippen LogP contribution in [-0.4, -0.2) is 47.0 Å². The molecule has 0 saturated heterocycles. The zero-order valence-corrected chi connectivity index (χ0v) is 17.0. The second-order valence-corrected chi connectivity index (χ2v) is 7.16. The number of carbonyl (C=O) groups is 1. The lowest BCUT2D eigenvalue weighted by Crippen LogP contribution is -2.06. The summed E-state index contributed by atoms with van der Waals surface area (Å²) in [5, 5.41) is 10.3. The van der Waals surface area contributed by atoms with Crippen LogP contribution in [0, 0.1) is 0 Å². The number of ketones is 1. The minimum Gasteiger partial charge on any atom is -0.502 e. The number of aromatic nitrogens is 1. The number of aromatic hydroxyl groups is 1. The third-order valence-electron chi connectivity index (χ3n) is 4.19. The van der Waals surface area contributed by atoms with Crippen LogP contribution in [0.25, 0.3) is 10.9 Å². The van der Waals surface area contributed by atoms with Gasteiger partial charge in [-0.3, -0.25) is 14.6 Å². The maximum atomic E-state index is 12.9. The first kappa shape index (κ1) is 21.4. The molecule has 0 radical (unpaired) electrons. The second kappa shape index (κ2) is 8.19. The molecule has 0 fully saturated rings. The van der Waals surface area contributed by atoms with Gasteiger partial charge in [-0.2, -0.15) is 0 Å². The number of phosphoric acid groups is 1. The standard InChI is InChI=1S/C19H18NO9P/c1-26-14-7-6-12-11(19(14)29-30(23,24)25)4-5-13(20-12)17(21)10-8-15(27-2)18(22)16(9-10)28-3/h4-9,22H,1-3H3,(H2,23,24,25). The van der Waals surface area contributed by atoms with Crippen molar-refractivity contribution in [2.45, 2.75) is 0 Å². The number of rotatable bonds is 7. The number of benzene rings is 2. The maximum absolute atomic E-state index is 12.9. The van der Waals surface area contributed by atoms with Crippen LogP contribution in [0.5, 0.6) is 28.7 Å². The Morgan fingerprint density at radius 1 is 0.933 bits per heavy atom. The van der Waals surface area contributed by atoms with Gasteiger partial charge in [-0.1, -0.05) is 0 Å². The SMILES string of the molecule is COc1cc(C(=O)c2ccc3c(OP(=O)(O)O)c(OC)ccc3n2)cc(OC)c1O. The Balaban J connectivity index is 2.10. The van der Waals surface area contributed by atoms with Gasteiger partial charge in [-0.25, -0.2) is 9.55 Å². The largest absolute Gasteiger partial charge is 0.524 e. The summed E-state index contributed by atoms with van der Waals surface area (Å²) < 4.78 is 31.3. The van der Waals surface area contributed by atoms with Crippen LogP contribution in [0.15, 0.2) is 36.4 Å². The van der Waals surface area contributed by atoms with Crippen molar-refractivity contribution in [1.82, 2.24) is 4.98 Å². The maximum Gasteiger partial charge on any atom is 0.524 e. The normalized spacial score (nSPS) is 11.2. The minimum absolute atomic E-state index is 0.0459. The summed E-state index contributed by atoms with van der Waals surface area (Å²) in [6, 6.07) is 8.46. The molecule has 30 heavy (non-hydrogen) atoms. The van der Waals surface area contributed by atoms with E-state index in [4.69, 9.17) is 18.7 Å². The van der Waals surface area contributed by atoms with Gasteiger partial charge in [0.05, 0.1) is 26.8 Å². The Morgan fingerprint density at radius 2 is 1.53 bits per heavy atom. The van der Waals surface area contributed by atoms with E-state index in [1.807, 2.05) is 0 Å². The molecule has 3 aromatic rings. The van der Waals surface area contributed by atoms with Crippen molar-refractivity contribution in [1.29, 1.82) is 0 Å². The van der Waals surface area contributed by atoms with Crippen molar-refractivity contribution in [2.24, 2.45) is 0 Å². The Hall–Kier alpha value is -3.33. The number of hydrogen-bond acceptors (Lipinski definition) is 8. The van der Waals surface area contributed by atoms with Crippen LogP contribution in [0.2, 0.25) is 0 Å². The molecule has 10 nitrogen and oxygen atoms in total. The fourth-order valence-electron chi connectivity index (χ4n) is 2.83. The monoisotopic (exact) mass is 435 g/mol. The number of phenols is 1. The van der Waals surface area contributed by atoms with Crippen LogP contribution >= 0.6 is 7.82 Å². The highest BCUT2D eigenvalue weighted by Crippen LogP contribution is 2.45. The molecule has 0 amide bonds. The van der Waals surface area contributed by atoms with Crippen LogP contribution in [-0.2, 0) is 4.57 Å². The molecule has 0 atom stereocenters. The molecule has 0 aliphatic carbocycles. The number of ether oxygens (including phenoxy) is 3. The first-order chi connectivity index (χ1) is 14.2. The van der Waals surface area contributed by atoms with Crippen LogP contribution in [0.3, 0.4) is 0 Å². The Morgan fingerprint density at radius 3 is 2.07 bits per heavy atom. The molecular formula is C19H18NO9P. The molecule has 3 N–H and O–H groups in total. The van der Waals surface area contributed by atoms with Gasteiger partial charge in [0, 0.05) is 10.9 Å². The Kier molecular flexibility index (Phi) is 5.84. The van der Waals surface area contributed by atoms with Crippen molar-refractivity contribution in [2.75, 3.05) is 21.3 Å². The van der Waals surface area contributed by atoms with Gasteiger partial charge in [0.15, 0.2) is 23.0 Å². The topological polar surface area (TPSA) is 145 Å². The van der Waals surface area contributed by atoms with E-state index in [9.17, 15) is 24.3 Å². The zero-order valence-electron chi connectivity index (χ0n) is 16.1. The molecule has 158 valence electrons. The molecule has 2 aromatic carbocycles. The summed E-state index contributed by atoms with van der Waals surface area (Å²) in [6.07, 6.45) is 0. The third-order valence-corrected chi connectivity index (χ3v) is 4.61. The summed E-state index contributed by atoms with van der Waals surface area (Å²) >= 11 is 0. The fourth-order valence-corrected chi connectivity index (χ4v) is 3.26. The van der Waals surface area contributed by atoms with Gasteiger partial charge in [0.2, 0.25) is 11.5 Å². The van der Waals surface area contributed by atoms with E-state index in [2.05, 4.69) is 4.98 Å². The summed E-state index contributed by atoms with van der Waals surface area (Å²) in [4.78, 5) is 35.6. The predicted molar refractivity (Wildman–Crippen MR) is 106 cm³/mol. The van der Waals surface area contributed by atoms with Crippen LogP contribution in [0.1, 0.15) is 16.1 Å². The third kappa shape index (κ3) is 4.16. The number of hydrogen-bond donors (Lipinski definition) is 3. The highest BCUT2D eigenvalue weighted by Gasteiger charge is 2.23. The molecular weight excluding hydrogens is 417 g/mol. The number of carbonyl (C=O) groups excluding carboxylic acids is 1. The van der Waals surface area contributed by atoms with E-state index >= 15 is 0 Å². The number of fused-ring (bicyclic) bond motifs is 1. The minimum atomic E-state index is -4.86. The molecule has 0 spiro atoms. The first-order valence-electron chi connectivity index (χ1n) is 8.41. The van der Waals surface area contributed by atoms with Crippen molar-refractivity contribution in [3.8, 4) is 28.7 Å². The molecule has 1 aromatic heterocycles. The summed E-state index contributed by atoms with van der Waals surface area (Å²) in [7, 11) is -0.856. The Labute approximate surface area is 170 Å². The van der Waals surface area contributed by atoms with Gasteiger partial charge in [0.1, 0.15) is 5.69 Å². The van der Waals surface area contributed by atoms with Gasteiger partial charge >= 0.3 is 7.82 Å². The molecule has 0 aliphatic heterocycles. The summed E-state index contributed by atoms with van der Waals surface area (Å²) in [5.74, 6) is -0.709. The molecule has 1 heterocycles. The van der Waals surface area contributed by atoms with E-state index in [1.54, 1.807) is 0 Å². The second-order valence-electron chi connectivity index (χ2n) is 6.00. The first-order valence-corrected chi connectivity index (χ1v) is 9.94. The number of nitrogens with zero attached hydrogens (tertiary/aromatic N) is 1. The van der Waals surface area contributed by atoms with E-state index < -0.39 is 13.6 Å².